The van der Waals surface area contributed by atoms with Crippen molar-refractivity contribution in [2.45, 2.75) is 32.9 Å². The minimum atomic E-state index is -0.977. The Labute approximate surface area is 203 Å². The number of aryl methyl sites for hydroxylation is 1. The second-order valence-corrected chi connectivity index (χ2v) is 8.37. The Morgan fingerprint density at radius 1 is 1.00 bits per heavy atom. The van der Waals surface area contributed by atoms with Gasteiger partial charge in [-0.05, 0) is 68.8 Å². The highest BCUT2D eigenvalue weighted by atomic mass is 16.5. The number of ketones is 1. The van der Waals surface area contributed by atoms with E-state index in [0.717, 1.165) is 5.56 Å². The predicted molar refractivity (Wildman–Crippen MR) is 130 cm³/mol. The number of methoxy groups -OCH3 is 2. The maximum Gasteiger partial charge on any atom is 0.300 e. The first-order valence-corrected chi connectivity index (χ1v) is 11.1. The highest BCUT2D eigenvalue weighted by Crippen LogP contribution is 2.44. The molecule has 0 spiro atoms. The molecule has 1 fully saturated rings. The first kappa shape index (κ1) is 23.9. The maximum absolute atomic E-state index is 13.3. The monoisotopic (exact) mass is 477 g/mol. The van der Waals surface area contributed by atoms with E-state index in [9.17, 15) is 14.7 Å². The SMILES string of the molecule is COc1ccc(N2C(=O)C(=O)/C(=C(\O)c3ccc(OC(C)C)c(C)c3)C2c2ccco2)cc1OC. The van der Waals surface area contributed by atoms with Crippen LogP contribution in [0.4, 0.5) is 5.69 Å². The van der Waals surface area contributed by atoms with Crippen LogP contribution in [0, 0.1) is 6.92 Å². The van der Waals surface area contributed by atoms with Crippen molar-refractivity contribution in [2.75, 3.05) is 19.1 Å². The van der Waals surface area contributed by atoms with Gasteiger partial charge in [0.15, 0.2) is 11.5 Å². The van der Waals surface area contributed by atoms with Gasteiger partial charge in [0.2, 0.25) is 0 Å². The molecule has 3 aromatic rings. The van der Waals surface area contributed by atoms with Crippen molar-refractivity contribution in [1.29, 1.82) is 0 Å². The van der Waals surface area contributed by atoms with E-state index in [1.54, 1.807) is 48.5 Å². The molecule has 0 bridgehead atoms. The van der Waals surface area contributed by atoms with Crippen LogP contribution >= 0.6 is 0 Å². The number of rotatable bonds is 7. The van der Waals surface area contributed by atoms with Crippen LogP contribution in [0.5, 0.6) is 17.2 Å². The molecule has 2 heterocycles. The number of carbonyl (C=O) groups excluding carboxylic acids is 2. The molecule has 0 radical (unpaired) electrons. The molecule has 0 saturated carbocycles. The predicted octanol–water partition coefficient (Wildman–Crippen LogP) is 5.02. The zero-order valence-corrected chi connectivity index (χ0v) is 20.2. The van der Waals surface area contributed by atoms with Crippen LogP contribution < -0.4 is 19.1 Å². The van der Waals surface area contributed by atoms with E-state index in [1.165, 1.54) is 25.4 Å². The van der Waals surface area contributed by atoms with Gasteiger partial charge in [-0.15, -0.1) is 0 Å². The summed E-state index contributed by atoms with van der Waals surface area (Å²) in [5.74, 6) is -0.0487. The van der Waals surface area contributed by atoms with Gasteiger partial charge in [-0.3, -0.25) is 14.5 Å². The lowest BCUT2D eigenvalue weighted by molar-refractivity contribution is -0.132. The van der Waals surface area contributed by atoms with Crippen LogP contribution in [0.1, 0.15) is 36.8 Å². The quantitative estimate of drug-likeness (QED) is 0.290. The molecule has 8 heteroatoms. The first-order valence-electron chi connectivity index (χ1n) is 11.1. The first-order chi connectivity index (χ1) is 16.8. The fraction of sp³-hybridized carbons (Fsp3) is 0.259. The fourth-order valence-electron chi connectivity index (χ4n) is 4.13. The summed E-state index contributed by atoms with van der Waals surface area (Å²) in [6, 6.07) is 12.3. The minimum absolute atomic E-state index is 0.0149. The molecule has 1 atom stereocenters. The van der Waals surface area contributed by atoms with E-state index in [-0.39, 0.29) is 17.4 Å². The molecule has 1 aromatic heterocycles. The summed E-state index contributed by atoms with van der Waals surface area (Å²) in [5, 5.41) is 11.3. The number of hydrogen-bond acceptors (Lipinski definition) is 7. The molecule has 8 nitrogen and oxygen atoms in total. The van der Waals surface area contributed by atoms with Gasteiger partial charge in [0.1, 0.15) is 23.3 Å². The zero-order chi connectivity index (χ0) is 25.3. The topological polar surface area (TPSA) is 98.4 Å². The van der Waals surface area contributed by atoms with Crippen molar-refractivity contribution >= 4 is 23.1 Å². The number of ether oxygens (including phenoxy) is 3. The van der Waals surface area contributed by atoms with Gasteiger partial charge in [0, 0.05) is 17.3 Å². The molecular weight excluding hydrogens is 450 g/mol. The molecule has 182 valence electrons. The highest BCUT2D eigenvalue weighted by molar-refractivity contribution is 6.51. The molecule has 1 aliphatic rings. The van der Waals surface area contributed by atoms with Crippen molar-refractivity contribution < 1.29 is 33.3 Å². The lowest BCUT2D eigenvalue weighted by atomic mass is 9.98. The summed E-state index contributed by atoms with van der Waals surface area (Å²) < 4.78 is 22.0. The highest BCUT2D eigenvalue weighted by Gasteiger charge is 2.48. The van der Waals surface area contributed by atoms with E-state index in [4.69, 9.17) is 18.6 Å². The van der Waals surface area contributed by atoms with Crippen LogP contribution in [0.2, 0.25) is 0 Å². The number of carbonyl (C=O) groups is 2. The molecule has 1 saturated heterocycles. The summed E-state index contributed by atoms with van der Waals surface area (Å²) in [6.45, 7) is 5.69. The van der Waals surface area contributed by atoms with Crippen LogP contribution in [0.25, 0.3) is 5.76 Å². The van der Waals surface area contributed by atoms with Gasteiger partial charge in [-0.25, -0.2) is 0 Å². The smallest absolute Gasteiger partial charge is 0.300 e. The second-order valence-electron chi connectivity index (χ2n) is 8.37. The van der Waals surface area contributed by atoms with Gasteiger partial charge in [-0.1, -0.05) is 0 Å². The largest absolute Gasteiger partial charge is 0.507 e. The Morgan fingerprint density at radius 2 is 1.71 bits per heavy atom. The average molecular weight is 478 g/mol. The summed E-state index contributed by atoms with van der Waals surface area (Å²) in [5.41, 5.74) is 1.49. The maximum atomic E-state index is 13.3. The zero-order valence-electron chi connectivity index (χ0n) is 20.2. The third-order valence-electron chi connectivity index (χ3n) is 5.71. The van der Waals surface area contributed by atoms with E-state index < -0.39 is 17.7 Å². The summed E-state index contributed by atoms with van der Waals surface area (Å²) in [7, 11) is 2.99. The molecule has 0 aliphatic carbocycles. The van der Waals surface area contributed by atoms with Crippen LogP contribution in [0.15, 0.2) is 64.8 Å². The average Bonchev–Trinajstić information content (AvgIpc) is 3.46. The molecular formula is C27H27NO7. The second kappa shape index (κ2) is 9.58. The fourth-order valence-corrected chi connectivity index (χ4v) is 4.13. The molecule has 1 aliphatic heterocycles. The lowest BCUT2D eigenvalue weighted by Gasteiger charge is -2.24. The van der Waals surface area contributed by atoms with Crippen molar-refractivity contribution in [3.05, 3.63) is 77.3 Å². The van der Waals surface area contributed by atoms with Crippen LogP contribution in [-0.2, 0) is 9.59 Å². The van der Waals surface area contributed by atoms with Crippen molar-refractivity contribution in [1.82, 2.24) is 0 Å². The Bertz CT molecular complexity index is 1290. The van der Waals surface area contributed by atoms with Crippen molar-refractivity contribution in [3.63, 3.8) is 0 Å². The van der Waals surface area contributed by atoms with Gasteiger partial charge in [0.05, 0.1) is 32.2 Å². The van der Waals surface area contributed by atoms with Crippen molar-refractivity contribution in [2.24, 2.45) is 0 Å². The van der Waals surface area contributed by atoms with E-state index in [0.29, 0.717) is 34.3 Å². The van der Waals surface area contributed by atoms with Gasteiger partial charge < -0.3 is 23.7 Å². The number of amides is 1. The lowest BCUT2D eigenvalue weighted by Crippen LogP contribution is -2.29. The molecule has 1 unspecified atom stereocenters. The number of aliphatic hydroxyl groups excluding tert-OH is 1. The summed E-state index contributed by atoms with van der Waals surface area (Å²) in [6.07, 6.45) is 1.44. The number of nitrogens with zero attached hydrogens (tertiary/aromatic N) is 1. The third kappa shape index (κ3) is 4.35. The Morgan fingerprint density at radius 3 is 2.31 bits per heavy atom. The molecule has 1 amide bonds. The van der Waals surface area contributed by atoms with Crippen LogP contribution in [-0.4, -0.2) is 37.1 Å². The Hall–Kier alpha value is -4.20. The van der Waals surface area contributed by atoms with E-state index in [1.807, 2.05) is 20.8 Å². The van der Waals surface area contributed by atoms with Crippen LogP contribution in [0.3, 0.4) is 0 Å². The molecule has 35 heavy (non-hydrogen) atoms. The number of benzene rings is 2. The Balaban J connectivity index is 1.86. The molecule has 4 rings (SSSR count). The van der Waals surface area contributed by atoms with E-state index in [2.05, 4.69) is 0 Å². The normalized spacial score (nSPS) is 17.2. The summed E-state index contributed by atoms with van der Waals surface area (Å²) >= 11 is 0. The van der Waals surface area contributed by atoms with Gasteiger partial charge in [-0.2, -0.15) is 0 Å². The van der Waals surface area contributed by atoms with Gasteiger partial charge in [0.25, 0.3) is 11.7 Å². The number of furan rings is 1. The van der Waals surface area contributed by atoms with Gasteiger partial charge >= 0.3 is 0 Å². The number of anilines is 1. The van der Waals surface area contributed by atoms with Crippen molar-refractivity contribution in [3.8, 4) is 17.2 Å². The number of Topliss-reactive ketones (excluding diaryl/α,β-unsaturated/α-hetero) is 1. The molecule has 2 aromatic carbocycles. The third-order valence-corrected chi connectivity index (χ3v) is 5.71. The number of aliphatic hydroxyl groups is 1. The molecule has 1 N–H and O–H groups in total. The van der Waals surface area contributed by atoms with E-state index >= 15 is 0 Å². The number of hydrogen-bond donors (Lipinski definition) is 1. The Kier molecular flexibility index (Phi) is 6.55. The minimum Gasteiger partial charge on any atom is -0.507 e. The summed E-state index contributed by atoms with van der Waals surface area (Å²) in [4.78, 5) is 27.8. The standard InChI is InChI=1S/C27H27NO7/c1-15(2)35-19-10-8-17(13-16(19)3)25(29)23-24(21-7-6-12-34-21)28(27(31)26(23)30)18-9-11-20(32-4)22(14-18)33-5/h6-15,24,29H,1-5H3/b25-23-.